The van der Waals surface area contributed by atoms with E-state index in [4.69, 9.17) is 0 Å². The molecule has 4 heteroatoms. The predicted molar refractivity (Wildman–Crippen MR) is 64.4 cm³/mol. The third kappa shape index (κ3) is 1.33. The Morgan fingerprint density at radius 2 is 2.14 bits per heavy atom. The Labute approximate surface area is 94.9 Å². The minimum atomic E-state index is -0.0319. The van der Waals surface area contributed by atoms with Gasteiger partial charge in [-0.25, -0.2) is 4.68 Å². The van der Waals surface area contributed by atoms with Crippen LogP contribution in [0.5, 0.6) is 0 Å². The summed E-state index contributed by atoms with van der Waals surface area (Å²) in [6.45, 7) is 1.91. The van der Waals surface area contributed by atoms with Crippen LogP contribution in [0.2, 0.25) is 0 Å². The van der Waals surface area contributed by atoms with E-state index in [9.17, 15) is 4.79 Å². The van der Waals surface area contributed by atoms with Crippen molar-refractivity contribution in [3.63, 3.8) is 0 Å². The maximum absolute atomic E-state index is 11.8. The summed E-state index contributed by atoms with van der Waals surface area (Å²) >= 11 is 2.18. The number of hydrogen-bond acceptors (Lipinski definition) is 2. The highest BCUT2D eigenvalue weighted by Crippen LogP contribution is 2.18. The number of halogens is 1. The molecule has 14 heavy (non-hydrogen) atoms. The SMILES string of the molecule is Cc1nn(C)c(=O)c2c(I)cccc12. The van der Waals surface area contributed by atoms with Gasteiger partial charge in [0.2, 0.25) is 0 Å². The van der Waals surface area contributed by atoms with Crippen LogP contribution >= 0.6 is 22.6 Å². The quantitative estimate of drug-likeness (QED) is 0.696. The van der Waals surface area contributed by atoms with Crippen molar-refractivity contribution < 1.29 is 0 Å². The predicted octanol–water partition coefficient (Wildman–Crippen LogP) is 1.85. The van der Waals surface area contributed by atoms with Gasteiger partial charge in [-0.05, 0) is 35.6 Å². The fourth-order valence-corrected chi connectivity index (χ4v) is 2.26. The molecule has 2 rings (SSSR count). The van der Waals surface area contributed by atoms with E-state index in [-0.39, 0.29) is 5.56 Å². The summed E-state index contributed by atoms with van der Waals surface area (Å²) in [7, 11) is 1.68. The second-order valence-electron chi connectivity index (χ2n) is 3.18. The van der Waals surface area contributed by atoms with Crippen molar-refractivity contribution in [3.8, 4) is 0 Å². The van der Waals surface area contributed by atoms with Gasteiger partial charge in [-0.1, -0.05) is 12.1 Å². The molecular weight excluding hydrogens is 291 g/mol. The smallest absolute Gasteiger partial charge is 0.267 e. The van der Waals surface area contributed by atoms with Crippen molar-refractivity contribution in [1.29, 1.82) is 0 Å². The number of nitrogens with zero attached hydrogens (tertiary/aromatic N) is 2. The first-order chi connectivity index (χ1) is 6.61. The van der Waals surface area contributed by atoms with Gasteiger partial charge in [0.05, 0.1) is 11.1 Å². The number of benzene rings is 1. The Hall–Kier alpha value is -0.910. The van der Waals surface area contributed by atoms with Gasteiger partial charge in [-0.3, -0.25) is 4.79 Å². The molecule has 0 N–H and O–H groups in total. The van der Waals surface area contributed by atoms with Crippen LogP contribution < -0.4 is 5.56 Å². The van der Waals surface area contributed by atoms with Gasteiger partial charge in [-0.2, -0.15) is 5.10 Å². The van der Waals surface area contributed by atoms with E-state index in [1.54, 1.807) is 7.05 Å². The molecular formula is C10H9IN2O. The van der Waals surface area contributed by atoms with Crippen LogP contribution in [0, 0.1) is 10.5 Å². The van der Waals surface area contributed by atoms with Gasteiger partial charge in [0, 0.05) is 16.0 Å². The van der Waals surface area contributed by atoms with Gasteiger partial charge in [0.15, 0.2) is 0 Å². The number of fused-ring (bicyclic) bond motifs is 1. The van der Waals surface area contributed by atoms with Gasteiger partial charge < -0.3 is 0 Å². The molecule has 3 nitrogen and oxygen atoms in total. The Kier molecular flexibility index (Phi) is 2.30. The van der Waals surface area contributed by atoms with Crippen LogP contribution in [0.4, 0.5) is 0 Å². The minimum absolute atomic E-state index is 0.0319. The standard InChI is InChI=1S/C10H9IN2O/c1-6-7-4-3-5-8(11)9(7)10(14)13(2)12-6/h3-5H,1-2H3. The summed E-state index contributed by atoms with van der Waals surface area (Å²) in [5, 5.41) is 5.85. The molecule has 1 aromatic heterocycles. The first kappa shape index (κ1) is 9.64. The molecule has 0 atom stereocenters. The van der Waals surface area contributed by atoms with Crippen LogP contribution in [0.1, 0.15) is 5.69 Å². The Balaban J connectivity index is 3.11. The summed E-state index contributed by atoms with van der Waals surface area (Å²) in [6, 6.07) is 5.81. The average molecular weight is 300 g/mol. The molecule has 0 spiro atoms. The molecule has 0 aliphatic rings. The van der Waals surface area contributed by atoms with Crippen molar-refractivity contribution in [3.05, 3.63) is 37.8 Å². The lowest BCUT2D eigenvalue weighted by atomic mass is 10.1. The van der Waals surface area contributed by atoms with E-state index < -0.39 is 0 Å². The van der Waals surface area contributed by atoms with E-state index in [0.717, 1.165) is 20.0 Å². The van der Waals surface area contributed by atoms with Crippen molar-refractivity contribution >= 4 is 33.4 Å². The molecule has 0 fully saturated rings. The summed E-state index contributed by atoms with van der Waals surface area (Å²) in [6.07, 6.45) is 0. The van der Waals surface area contributed by atoms with Gasteiger partial charge in [0.1, 0.15) is 0 Å². The highest BCUT2D eigenvalue weighted by molar-refractivity contribution is 14.1. The molecule has 0 aliphatic heterocycles. The molecule has 0 amide bonds. The van der Waals surface area contributed by atoms with Crippen LogP contribution in [0.15, 0.2) is 23.0 Å². The van der Waals surface area contributed by atoms with Gasteiger partial charge >= 0.3 is 0 Å². The van der Waals surface area contributed by atoms with Gasteiger partial charge in [-0.15, -0.1) is 0 Å². The lowest BCUT2D eigenvalue weighted by Gasteiger charge is -2.05. The van der Waals surface area contributed by atoms with Gasteiger partial charge in [0.25, 0.3) is 5.56 Å². The largest absolute Gasteiger partial charge is 0.275 e. The number of aromatic nitrogens is 2. The van der Waals surface area contributed by atoms with E-state index in [1.807, 2.05) is 25.1 Å². The lowest BCUT2D eigenvalue weighted by Crippen LogP contribution is -2.21. The molecule has 0 unspecified atom stereocenters. The molecule has 0 bridgehead atoms. The van der Waals surface area contributed by atoms with E-state index in [2.05, 4.69) is 27.7 Å². The van der Waals surface area contributed by atoms with E-state index >= 15 is 0 Å². The molecule has 2 aromatic rings. The molecule has 0 radical (unpaired) electrons. The third-order valence-corrected chi connectivity index (χ3v) is 3.11. The summed E-state index contributed by atoms with van der Waals surface area (Å²) in [5.41, 5.74) is 0.858. The summed E-state index contributed by atoms with van der Waals surface area (Å²) < 4.78 is 2.37. The first-order valence-corrected chi connectivity index (χ1v) is 5.31. The fourth-order valence-electron chi connectivity index (χ4n) is 1.53. The van der Waals surface area contributed by atoms with E-state index in [0.29, 0.717) is 0 Å². The van der Waals surface area contributed by atoms with Crippen LogP contribution in [0.25, 0.3) is 10.8 Å². The Bertz CT molecular complexity index is 560. The summed E-state index contributed by atoms with van der Waals surface area (Å²) in [4.78, 5) is 11.8. The van der Waals surface area contributed by atoms with Crippen LogP contribution in [0.3, 0.4) is 0 Å². The van der Waals surface area contributed by atoms with Crippen LogP contribution in [-0.4, -0.2) is 9.78 Å². The molecule has 0 saturated carbocycles. The minimum Gasteiger partial charge on any atom is -0.267 e. The van der Waals surface area contributed by atoms with E-state index in [1.165, 1.54) is 4.68 Å². The lowest BCUT2D eigenvalue weighted by molar-refractivity contribution is 0.704. The summed E-state index contributed by atoms with van der Waals surface area (Å²) in [5.74, 6) is 0. The second kappa shape index (κ2) is 3.34. The maximum atomic E-state index is 11.8. The van der Waals surface area contributed by atoms with Crippen LogP contribution in [-0.2, 0) is 7.05 Å². The number of aryl methyl sites for hydroxylation is 2. The second-order valence-corrected chi connectivity index (χ2v) is 4.34. The zero-order valence-electron chi connectivity index (χ0n) is 7.91. The third-order valence-electron chi connectivity index (χ3n) is 2.21. The van der Waals surface area contributed by atoms with Crippen molar-refractivity contribution in [2.45, 2.75) is 6.92 Å². The maximum Gasteiger partial charge on any atom is 0.275 e. The normalized spacial score (nSPS) is 10.8. The first-order valence-electron chi connectivity index (χ1n) is 4.23. The Morgan fingerprint density at radius 3 is 2.86 bits per heavy atom. The topological polar surface area (TPSA) is 34.9 Å². The highest BCUT2D eigenvalue weighted by Gasteiger charge is 2.07. The number of hydrogen-bond donors (Lipinski definition) is 0. The zero-order valence-corrected chi connectivity index (χ0v) is 10.1. The average Bonchev–Trinajstić information content (AvgIpc) is 2.14. The molecule has 0 aliphatic carbocycles. The fraction of sp³-hybridized carbons (Fsp3) is 0.200. The van der Waals surface area contributed by atoms with Crippen molar-refractivity contribution in [2.24, 2.45) is 7.05 Å². The van der Waals surface area contributed by atoms with Crippen molar-refractivity contribution in [2.75, 3.05) is 0 Å². The molecule has 72 valence electrons. The highest BCUT2D eigenvalue weighted by atomic mass is 127. The zero-order chi connectivity index (χ0) is 10.3. The Morgan fingerprint density at radius 1 is 1.43 bits per heavy atom. The monoisotopic (exact) mass is 300 g/mol. The number of rotatable bonds is 0. The molecule has 1 aromatic carbocycles. The van der Waals surface area contributed by atoms with Crippen molar-refractivity contribution in [1.82, 2.24) is 9.78 Å². The molecule has 0 saturated heterocycles. The molecule has 1 heterocycles.